The van der Waals surface area contributed by atoms with Crippen LogP contribution in [0.4, 0.5) is 0 Å². The molecule has 114 valence electrons. The zero-order valence-corrected chi connectivity index (χ0v) is 13.6. The summed E-state index contributed by atoms with van der Waals surface area (Å²) in [6.45, 7) is 7.88. The van der Waals surface area contributed by atoms with Gasteiger partial charge in [0.05, 0.1) is 7.11 Å². The molecule has 20 heavy (non-hydrogen) atoms. The van der Waals surface area contributed by atoms with Crippen LogP contribution in [-0.4, -0.2) is 13.7 Å². The molecule has 0 saturated heterocycles. The third kappa shape index (κ3) is 5.16. The van der Waals surface area contributed by atoms with Crippen molar-refractivity contribution in [1.29, 1.82) is 0 Å². The number of nitrogens with one attached hydrogen (secondary N) is 1. The molecule has 0 spiro atoms. The minimum absolute atomic E-state index is 0.446. The zero-order valence-electron chi connectivity index (χ0n) is 13.6. The first-order valence-electron chi connectivity index (χ1n) is 8.14. The van der Waals surface area contributed by atoms with Crippen LogP contribution in [0.1, 0.15) is 64.5 Å². The number of ether oxygens (including phenoxy) is 1. The van der Waals surface area contributed by atoms with E-state index in [4.69, 9.17) is 4.74 Å². The summed E-state index contributed by atoms with van der Waals surface area (Å²) in [6, 6.07) is 8.97. The average Bonchev–Trinajstić information content (AvgIpc) is 2.50. The Labute approximate surface area is 124 Å². The lowest BCUT2D eigenvalue weighted by molar-refractivity contribution is 0.322. The van der Waals surface area contributed by atoms with Crippen molar-refractivity contribution >= 4 is 0 Å². The summed E-state index contributed by atoms with van der Waals surface area (Å²) in [5, 5.41) is 3.74. The fourth-order valence-corrected chi connectivity index (χ4v) is 2.76. The van der Waals surface area contributed by atoms with Crippen molar-refractivity contribution in [2.45, 2.75) is 58.9 Å². The van der Waals surface area contributed by atoms with E-state index in [1.165, 1.54) is 37.7 Å². The largest absolute Gasteiger partial charge is 0.497 e. The molecule has 0 heterocycles. The molecule has 1 N–H and O–H groups in total. The van der Waals surface area contributed by atoms with E-state index in [9.17, 15) is 0 Å². The van der Waals surface area contributed by atoms with Crippen LogP contribution in [0, 0.1) is 5.92 Å². The Hall–Kier alpha value is -1.02. The Kier molecular flexibility index (Phi) is 8.36. The predicted molar refractivity (Wildman–Crippen MR) is 87.3 cm³/mol. The van der Waals surface area contributed by atoms with Gasteiger partial charge in [0, 0.05) is 6.04 Å². The molecule has 0 fully saturated rings. The molecule has 0 radical (unpaired) electrons. The van der Waals surface area contributed by atoms with Crippen LogP contribution in [0.15, 0.2) is 24.3 Å². The second kappa shape index (κ2) is 9.82. The van der Waals surface area contributed by atoms with Gasteiger partial charge in [-0.15, -0.1) is 0 Å². The third-order valence-corrected chi connectivity index (χ3v) is 3.99. The van der Waals surface area contributed by atoms with Gasteiger partial charge in [-0.2, -0.15) is 0 Å². The second-order valence-electron chi connectivity index (χ2n) is 5.52. The summed E-state index contributed by atoms with van der Waals surface area (Å²) in [5.74, 6) is 1.66. The summed E-state index contributed by atoms with van der Waals surface area (Å²) >= 11 is 0. The summed E-state index contributed by atoms with van der Waals surface area (Å²) in [4.78, 5) is 0. The van der Waals surface area contributed by atoms with Gasteiger partial charge in [0.2, 0.25) is 0 Å². The fourth-order valence-electron chi connectivity index (χ4n) is 2.76. The molecular formula is C18H31NO. The van der Waals surface area contributed by atoms with Gasteiger partial charge in [-0.05, 0) is 43.0 Å². The van der Waals surface area contributed by atoms with Crippen molar-refractivity contribution in [2.75, 3.05) is 13.7 Å². The van der Waals surface area contributed by atoms with Gasteiger partial charge < -0.3 is 10.1 Å². The molecule has 2 nitrogen and oxygen atoms in total. The van der Waals surface area contributed by atoms with Crippen LogP contribution in [0.5, 0.6) is 5.75 Å². The van der Waals surface area contributed by atoms with Crippen molar-refractivity contribution < 1.29 is 4.74 Å². The molecule has 1 aromatic carbocycles. The highest BCUT2D eigenvalue weighted by molar-refractivity contribution is 5.31. The number of unbranched alkanes of at least 4 members (excludes halogenated alkanes) is 1. The van der Waals surface area contributed by atoms with Gasteiger partial charge in [-0.25, -0.2) is 0 Å². The first kappa shape index (κ1) is 17.0. The normalized spacial score (nSPS) is 14.0. The molecule has 0 aromatic heterocycles. The van der Waals surface area contributed by atoms with Gasteiger partial charge in [0.1, 0.15) is 5.75 Å². The lowest BCUT2D eigenvalue weighted by Crippen LogP contribution is -2.29. The van der Waals surface area contributed by atoms with E-state index in [0.717, 1.165) is 12.3 Å². The Morgan fingerprint density at radius 3 is 2.55 bits per heavy atom. The molecule has 1 rings (SSSR count). The van der Waals surface area contributed by atoms with Crippen LogP contribution in [0.3, 0.4) is 0 Å². The first-order chi connectivity index (χ1) is 9.76. The highest BCUT2D eigenvalue weighted by Crippen LogP contribution is 2.30. The zero-order chi connectivity index (χ0) is 14.8. The van der Waals surface area contributed by atoms with Crippen LogP contribution in [0.2, 0.25) is 0 Å². The molecule has 2 unspecified atom stereocenters. The maximum Gasteiger partial charge on any atom is 0.119 e. The highest BCUT2D eigenvalue weighted by Gasteiger charge is 2.21. The van der Waals surface area contributed by atoms with Crippen LogP contribution in [-0.2, 0) is 0 Å². The van der Waals surface area contributed by atoms with E-state index in [-0.39, 0.29) is 0 Å². The summed E-state index contributed by atoms with van der Waals surface area (Å²) in [5.41, 5.74) is 1.36. The van der Waals surface area contributed by atoms with E-state index < -0.39 is 0 Å². The topological polar surface area (TPSA) is 21.3 Å². The number of rotatable bonds is 10. The van der Waals surface area contributed by atoms with Crippen molar-refractivity contribution in [2.24, 2.45) is 5.92 Å². The molecule has 2 heteroatoms. The van der Waals surface area contributed by atoms with E-state index in [1.54, 1.807) is 7.11 Å². The molecular weight excluding hydrogens is 246 g/mol. The van der Waals surface area contributed by atoms with Gasteiger partial charge in [0.15, 0.2) is 0 Å². The molecule has 0 amide bonds. The lowest BCUT2D eigenvalue weighted by atomic mass is 9.86. The molecule has 0 saturated carbocycles. The van der Waals surface area contributed by atoms with Crippen molar-refractivity contribution in [3.8, 4) is 5.75 Å². The van der Waals surface area contributed by atoms with Crippen molar-refractivity contribution in [3.05, 3.63) is 29.8 Å². The molecule has 0 bridgehead atoms. The van der Waals surface area contributed by atoms with Crippen molar-refractivity contribution in [1.82, 2.24) is 5.32 Å². The van der Waals surface area contributed by atoms with Crippen LogP contribution < -0.4 is 10.1 Å². The smallest absolute Gasteiger partial charge is 0.119 e. The Balaban J connectivity index is 2.89. The minimum atomic E-state index is 0.446. The molecule has 0 aliphatic heterocycles. The first-order valence-corrected chi connectivity index (χ1v) is 8.14. The molecule has 0 aliphatic rings. The predicted octanol–water partition coefficient (Wildman–Crippen LogP) is 4.95. The highest BCUT2D eigenvalue weighted by atomic mass is 16.5. The molecule has 1 aromatic rings. The number of hydrogen-bond donors (Lipinski definition) is 1. The van der Waals surface area contributed by atoms with E-state index in [0.29, 0.717) is 12.0 Å². The number of methoxy groups -OCH3 is 1. The van der Waals surface area contributed by atoms with Crippen LogP contribution in [0.25, 0.3) is 0 Å². The minimum Gasteiger partial charge on any atom is -0.497 e. The molecule has 2 atom stereocenters. The van der Waals surface area contributed by atoms with Crippen molar-refractivity contribution in [3.63, 3.8) is 0 Å². The van der Waals surface area contributed by atoms with E-state index in [2.05, 4.69) is 44.3 Å². The molecule has 0 aliphatic carbocycles. The summed E-state index contributed by atoms with van der Waals surface area (Å²) in [6.07, 6.45) is 6.27. The standard InChI is InChI=1S/C18H31NO/c1-5-8-10-15(7-3)18(19-13-6-2)16-11-9-12-17(14-16)20-4/h9,11-12,14-15,18-19H,5-8,10,13H2,1-4H3. The fraction of sp³-hybridized carbons (Fsp3) is 0.667. The van der Waals surface area contributed by atoms with E-state index >= 15 is 0 Å². The van der Waals surface area contributed by atoms with Crippen LogP contribution >= 0.6 is 0 Å². The Bertz CT molecular complexity index is 364. The maximum atomic E-state index is 5.38. The van der Waals surface area contributed by atoms with Gasteiger partial charge >= 0.3 is 0 Å². The summed E-state index contributed by atoms with van der Waals surface area (Å²) in [7, 11) is 1.74. The quantitative estimate of drug-likeness (QED) is 0.653. The SMILES string of the molecule is CCCCC(CC)C(NCCC)c1cccc(OC)c1. The van der Waals surface area contributed by atoms with Gasteiger partial charge in [-0.1, -0.05) is 52.2 Å². The van der Waals surface area contributed by atoms with E-state index in [1.807, 2.05) is 6.07 Å². The third-order valence-electron chi connectivity index (χ3n) is 3.99. The average molecular weight is 277 g/mol. The van der Waals surface area contributed by atoms with Gasteiger partial charge in [-0.3, -0.25) is 0 Å². The Morgan fingerprint density at radius 2 is 1.95 bits per heavy atom. The number of benzene rings is 1. The van der Waals surface area contributed by atoms with Gasteiger partial charge in [0.25, 0.3) is 0 Å². The second-order valence-corrected chi connectivity index (χ2v) is 5.52. The summed E-state index contributed by atoms with van der Waals surface area (Å²) < 4.78 is 5.38. The maximum absolute atomic E-state index is 5.38. The lowest BCUT2D eigenvalue weighted by Gasteiger charge is -2.28. The monoisotopic (exact) mass is 277 g/mol. The number of hydrogen-bond acceptors (Lipinski definition) is 2. The Morgan fingerprint density at radius 1 is 1.15 bits per heavy atom.